The first kappa shape index (κ1) is 39.3. The summed E-state index contributed by atoms with van der Waals surface area (Å²) < 4.78 is 26.0. The number of hydrogen-bond donors (Lipinski definition) is 2. The Bertz CT molecular complexity index is 1290. The summed E-state index contributed by atoms with van der Waals surface area (Å²) in [6.45, 7) is 12.8. The Kier molecular flexibility index (Phi) is 22.0. The van der Waals surface area contributed by atoms with Crippen LogP contribution in [-0.2, 0) is 37.2 Å². The van der Waals surface area contributed by atoms with E-state index in [-0.39, 0.29) is 18.7 Å². The van der Waals surface area contributed by atoms with Crippen LogP contribution < -0.4 is 5.73 Å². The van der Waals surface area contributed by atoms with Gasteiger partial charge in [-0.1, -0.05) is 20.8 Å². The molecule has 0 amide bonds. The van der Waals surface area contributed by atoms with Crippen molar-refractivity contribution in [3.63, 3.8) is 0 Å². The smallest absolute Gasteiger partial charge is 0.304 e. The van der Waals surface area contributed by atoms with Crippen molar-refractivity contribution in [2.24, 2.45) is 0 Å². The molecule has 0 aliphatic heterocycles. The van der Waals surface area contributed by atoms with Gasteiger partial charge in [0.1, 0.15) is 17.2 Å². The highest BCUT2D eigenvalue weighted by Gasteiger charge is 2.07. The van der Waals surface area contributed by atoms with Crippen molar-refractivity contribution in [3.8, 4) is 11.3 Å². The van der Waals surface area contributed by atoms with Crippen molar-refractivity contribution < 1.29 is 23.7 Å². The molecule has 44 heavy (non-hydrogen) atoms. The van der Waals surface area contributed by atoms with Gasteiger partial charge in [-0.25, -0.2) is 24.9 Å². The Hall–Kier alpha value is -2.68. The van der Waals surface area contributed by atoms with E-state index in [4.69, 9.17) is 19.9 Å². The highest BCUT2D eigenvalue weighted by atomic mass is 127. The van der Waals surface area contributed by atoms with E-state index in [2.05, 4.69) is 93.7 Å². The highest BCUT2D eigenvalue weighted by Crippen LogP contribution is 2.19. The largest absolute Gasteiger partial charge is 0.439 e. The number of nitrogen functional groups attached to an aromatic ring is 1. The number of esters is 1. The van der Waals surface area contributed by atoms with Crippen LogP contribution in [-0.4, -0.2) is 71.6 Å². The summed E-state index contributed by atoms with van der Waals surface area (Å²) in [5.74, 6) is -0.0203. The third-order valence-corrected chi connectivity index (χ3v) is 5.99. The second-order valence-electron chi connectivity index (χ2n) is 8.85. The molecule has 4 aromatic heterocycles. The molecule has 0 bridgehead atoms. The number of anilines is 1. The molecule has 0 atom stereocenters. The lowest BCUT2D eigenvalue weighted by Crippen LogP contribution is -2.04. The van der Waals surface area contributed by atoms with Crippen LogP contribution in [0.15, 0.2) is 43.8 Å². The fourth-order valence-corrected chi connectivity index (χ4v) is 3.69. The standard InChI is InChI=1S/C12H17N5O.C7H11IN2O.C6H12O3.C3H3IN2/c1-3-4-18-8-17-6-11(15-7-17)10-5-14-12(13)16-9(10)2;1-2-3-11-6-10-4-7(8)9-5-10;1-3-4-8-5-9-6(2)7;4-3-1-5-2-6-3/h5-7H,3-4,8H2,1-2H3,(H2,13,14,16);4-5H,2-3,6H2,1H3;3-5H2,1-2H3;1-2H,(H,5,6). The van der Waals surface area contributed by atoms with Gasteiger partial charge in [0.05, 0.1) is 46.9 Å². The number of aromatic nitrogens is 8. The minimum absolute atomic E-state index is 0.0865. The fraction of sp³-hybridized carbons (Fsp3) is 0.500. The number of ether oxygens (including phenoxy) is 4. The molecule has 3 N–H and O–H groups in total. The number of aryl methyl sites for hydroxylation is 1. The normalized spacial score (nSPS) is 10.1. The minimum atomic E-state index is -0.300. The van der Waals surface area contributed by atoms with Crippen molar-refractivity contribution in [2.75, 3.05) is 32.3 Å². The number of imidazole rings is 3. The molecule has 4 aromatic rings. The summed E-state index contributed by atoms with van der Waals surface area (Å²) in [6.07, 6.45) is 15.5. The number of carbonyl (C=O) groups excluding carboxylic acids is 1. The van der Waals surface area contributed by atoms with Crippen molar-refractivity contribution >= 4 is 57.1 Å². The van der Waals surface area contributed by atoms with Crippen molar-refractivity contribution in [1.82, 2.24) is 39.0 Å². The minimum Gasteiger partial charge on any atom is -0.439 e. The van der Waals surface area contributed by atoms with E-state index in [1.165, 1.54) is 6.92 Å². The third kappa shape index (κ3) is 18.9. The number of carbonyl (C=O) groups is 1. The second-order valence-corrected chi connectivity index (χ2v) is 11.1. The number of nitrogens with one attached hydrogen (secondary N) is 1. The average Bonchev–Trinajstić information content (AvgIpc) is 3.76. The fourth-order valence-electron chi connectivity index (χ4n) is 2.91. The number of rotatable bonds is 13. The van der Waals surface area contributed by atoms with Gasteiger partial charge < -0.3 is 38.8 Å². The number of nitrogens with zero attached hydrogens (tertiary/aromatic N) is 7. The summed E-state index contributed by atoms with van der Waals surface area (Å²) in [4.78, 5) is 33.2. The predicted molar refractivity (Wildman–Crippen MR) is 184 cm³/mol. The number of halogens is 2. The monoisotopic (exact) mass is 839 g/mol. The lowest BCUT2D eigenvalue weighted by molar-refractivity contribution is -0.153. The highest BCUT2D eigenvalue weighted by molar-refractivity contribution is 14.1. The van der Waals surface area contributed by atoms with Crippen LogP contribution in [0.5, 0.6) is 0 Å². The van der Waals surface area contributed by atoms with Crippen LogP contribution in [0.4, 0.5) is 5.95 Å². The Morgan fingerprint density at radius 3 is 2.00 bits per heavy atom. The van der Waals surface area contributed by atoms with Crippen LogP contribution in [0.2, 0.25) is 0 Å². The molecular weight excluding hydrogens is 796 g/mol. The SMILES string of the molecule is CCCOCOC(C)=O.CCCOCn1cnc(-c2cnc(N)nc2C)c1.CCCOCn1cnc(I)c1.Ic1cnc[nH]1. The zero-order valence-electron chi connectivity index (χ0n) is 25.9. The van der Waals surface area contributed by atoms with E-state index in [0.29, 0.717) is 20.1 Å². The lowest BCUT2D eigenvalue weighted by atomic mass is 10.2. The average molecular weight is 840 g/mol. The zero-order valence-corrected chi connectivity index (χ0v) is 30.2. The van der Waals surface area contributed by atoms with Crippen molar-refractivity contribution in [2.45, 2.75) is 67.3 Å². The first-order valence-corrected chi connectivity index (χ1v) is 16.1. The molecule has 4 heterocycles. The van der Waals surface area contributed by atoms with Gasteiger partial charge in [-0.15, -0.1) is 0 Å². The summed E-state index contributed by atoms with van der Waals surface area (Å²) in [6, 6.07) is 0. The number of hydrogen-bond acceptors (Lipinski definition) is 11. The summed E-state index contributed by atoms with van der Waals surface area (Å²) in [7, 11) is 0. The van der Waals surface area contributed by atoms with Gasteiger partial charge in [-0.2, -0.15) is 0 Å². The molecule has 16 heteroatoms. The lowest BCUT2D eigenvalue weighted by Gasteiger charge is -2.03. The van der Waals surface area contributed by atoms with E-state index < -0.39 is 0 Å². The Morgan fingerprint density at radius 1 is 0.909 bits per heavy atom. The van der Waals surface area contributed by atoms with E-state index in [9.17, 15) is 4.79 Å². The van der Waals surface area contributed by atoms with Gasteiger partial charge in [0.15, 0.2) is 6.79 Å². The first-order valence-electron chi connectivity index (χ1n) is 14.0. The molecule has 0 spiro atoms. The van der Waals surface area contributed by atoms with Crippen LogP contribution >= 0.6 is 45.2 Å². The number of aromatic amines is 1. The van der Waals surface area contributed by atoms with E-state index in [1.54, 1.807) is 31.4 Å². The van der Waals surface area contributed by atoms with Crippen LogP contribution in [0, 0.1) is 14.3 Å². The molecule has 0 saturated carbocycles. The molecule has 0 aromatic carbocycles. The van der Waals surface area contributed by atoms with Crippen molar-refractivity contribution in [1.29, 1.82) is 0 Å². The second kappa shape index (κ2) is 24.6. The Balaban J connectivity index is 0.000000319. The summed E-state index contributed by atoms with van der Waals surface area (Å²) in [5.41, 5.74) is 8.06. The molecule has 0 saturated heterocycles. The van der Waals surface area contributed by atoms with Crippen LogP contribution in [0.25, 0.3) is 11.3 Å². The quantitative estimate of drug-likeness (QED) is 0.0762. The van der Waals surface area contributed by atoms with Crippen LogP contribution in [0.1, 0.15) is 52.7 Å². The molecule has 0 fully saturated rings. The van der Waals surface area contributed by atoms with Gasteiger partial charge in [0, 0.05) is 44.3 Å². The molecule has 0 aliphatic rings. The zero-order chi connectivity index (χ0) is 32.6. The third-order valence-electron chi connectivity index (χ3n) is 4.85. The number of nitrogens with two attached hydrogens (primary N) is 1. The maximum Gasteiger partial charge on any atom is 0.304 e. The number of H-pyrrole nitrogens is 1. The van der Waals surface area contributed by atoms with E-state index in [1.807, 2.05) is 35.4 Å². The molecule has 0 unspecified atom stereocenters. The van der Waals surface area contributed by atoms with Crippen molar-refractivity contribution in [3.05, 3.63) is 56.9 Å². The molecule has 0 aliphatic carbocycles. The molecule has 14 nitrogen and oxygen atoms in total. The van der Waals surface area contributed by atoms with Gasteiger partial charge in [-0.3, -0.25) is 4.79 Å². The topological polar surface area (TPSA) is 170 Å². The summed E-state index contributed by atoms with van der Waals surface area (Å²) in [5, 5.41) is 0. The van der Waals surface area contributed by atoms with E-state index in [0.717, 1.165) is 56.8 Å². The molecule has 4 rings (SSSR count). The maximum absolute atomic E-state index is 10.1. The van der Waals surface area contributed by atoms with Crippen LogP contribution in [0.3, 0.4) is 0 Å². The Labute approximate surface area is 286 Å². The van der Waals surface area contributed by atoms with Gasteiger partial charge in [0.2, 0.25) is 5.95 Å². The predicted octanol–water partition coefficient (Wildman–Crippen LogP) is 5.43. The van der Waals surface area contributed by atoms with Gasteiger partial charge in [0.25, 0.3) is 0 Å². The summed E-state index contributed by atoms with van der Waals surface area (Å²) >= 11 is 4.33. The van der Waals surface area contributed by atoms with E-state index >= 15 is 0 Å². The van der Waals surface area contributed by atoms with Gasteiger partial charge >= 0.3 is 5.97 Å². The Morgan fingerprint density at radius 2 is 1.52 bits per heavy atom. The first-order chi connectivity index (χ1) is 21.2. The molecule has 0 radical (unpaired) electrons. The van der Waals surface area contributed by atoms with Gasteiger partial charge in [-0.05, 0) is 71.4 Å². The molecule has 244 valence electrons. The maximum atomic E-state index is 10.1. The molecular formula is C28H43I2N9O5.